The van der Waals surface area contributed by atoms with E-state index < -0.39 is 0 Å². The third kappa shape index (κ3) is 2.52. The molecule has 0 aliphatic heterocycles. The summed E-state index contributed by atoms with van der Waals surface area (Å²) in [4.78, 5) is 12.1. The lowest BCUT2D eigenvalue weighted by Gasteiger charge is -2.04. The number of benzene rings is 1. The van der Waals surface area contributed by atoms with Gasteiger partial charge in [0, 0.05) is 17.8 Å². The van der Waals surface area contributed by atoms with Crippen LogP contribution in [-0.2, 0) is 19.3 Å². The summed E-state index contributed by atoms with van der Waals surface area (Å²) in [6.45, 7) is 0.643. The van der Waals surface area contributed by atoms with Crippen LogP contribution in [0.15, 0.2) is 30.3 Å². The van der Waals surface area contributed by atoms with E-state index in [4.69, 9.17) is 0 Å². The number of nitrogens with one attached hydrogen (secondary N) is 2. The number of aromatic amines is 1. The standard InChI is InChI=1S/C15H17N3O/c19-15(14-12-7-4-8-13(12)17-18-14)16-10-9-11-5-2-1-3-6-11/h1-3,5-6H,4,7-10H2,(H,16,19)(H,17,18). The van der Waals surface area contributed by atoms with Gasteiger partial charge in [0.15, 0.2) is 5.69 Å². The lowest BCUT2D eigenvalue weighted by Crippen LogP contribution is -2.26. The minimum Gasteiger partial charge on any atom is -0.350 e. The molecule has 2 aromatic rings. The molecule has 0 unspecified atom stereocenters. The zero-order valence-corrected chi connectivity index (χ0v) is 10.8. The molecule has 0 radical (unpaired) electrons. The van der Waals surface area contributed by atoms with Crippen LogP contribution in [0.1, 0.15) is 33.7 Å². The van der Waals surface area contributed by atoms with Crippen molar-refractivity contribution in [3.8, 4) is 0 Å². The van der Waals surface area contributed by atoms with Crippen LogP contribution in [0.3, 0.4) is 0 Å². The predicted octanol–water partition coefficient (Wildman–Crippen LogP) is 1.87. The Balaban J connectivity index is 1.57. The van der Waals surface area contributed by atoms with E-state index in [2.05, 4.69) is 27.6 Å². The van der Waals surface area contributed by atoms with Crippen LogP contribution in [0, 0.1) is 0 Å². The first-order valence-electron chi connectivity index (χ1n) is 6.73. The fourth-order valence-corrected chi connectivity index (χ4v) is 2.56. The van der Waals surface area contributed by atoms with Gasteiger partial charge in [-0.15, -0.1) is 0 Å². The minimum atomic E-state index is -0.0599. The highest BCUT2D eigenvalue weighted by Gasteiger charge is 2.22. The van der Waals surface area contributed by atoms with Crippen LogP contribution < -0.4 is 5.32 Å². The van der Waals surface area contributed by atoms with Crippen molar-refractivity contribution < 1.29 is 4.79 Å². The maximum atomic E-state index is 12.1. The fraction of sp³-hybridized carbons (Fsp3) is 0.333. The van der Waals surface area contributed by atoms with Crippen molar-refractivity contribution in [1.29, 1.82) is 0 Å². The Morgan fingerprint density at radius 3 is 2.95 bits per heavy atom. The molecule has 0 fully saturated rings. The molecule has 0 atom stereocenters. The van der Waals surface area contributed by atoms with Gasteiger partial charge in [-0.3, -0.25) is 9.89 Å². The molecule has 2 N–H and O–H groups in total. The number of hydrogen-bond donors (Lipinski definition) is 2. The normalized spacial score (nSPS) is 13.3. The van der Waals surface area contributed by atoms with Crippen LogP contribution in [0.5, 0.6) is 0 Å². The average Bonchev–Trinajstić information content (AvgIpc) is 3.02. The number of aromatic nitrogens is 2. The quantitative estimate of drug-likeness (QED) is 0.876. The fourth-order valence-electron chi connectivity index (χ4n) is 2.56. The van der Waals surface area contributed by atoms with Gasteiger partial charge in [-0.2, -0.15) is 5.10 Å². The molecular weight excluding hydrogens is 238 g/mol. The van der Waals surface area contributed by atoms with E-state index in [1.54, 1.807) is 0 Å². The Labute approximate surface area is 112 Å². The second kappa shape index (κ2) is 5.26. The number of fused-ring (bicyclic) bond motifs is 1. The van der Waals surface area contributed by atoms with Gasteiger partial charge in [0.05, 0.1) is 0 Å². The van der Waals surface area contributed by atoms with Gasteiger partial charge < -0.3 is 5.32 Å². The van der Waals surface area contributed by atoms with Crippen molar-refractivity contribution in [2.75, 3.05) is 6.54 Å². The van der Waals surface area contributed by atoms with E-state index >= 15 is 0 Å². The third-order valence-electron chi connectivity index (χ3n) is 3.56. The molecule has 3 rings (SSSR count). The zero-order chi connectivity index (χ0) is 13.1. The molecule has 0 saturated heterocycles. The summed E-state index contributed by atoms with van der Waals surface area (Å²) in [5.41, 5.74) is 4.06. The summed E-state index contributed by atoms with van der Waals surface area (Å²) in [5, 5.41) is 10.0. The van der Waals surface area contributed by atoms with Gasteiger partial charge in [0.1, 0.15) is 0 Å². The van der Waals surface area contributed by atoms with Crippen molar-refractivity contribution in [2.24, 2.45) is 0 Å². The van der Waals surface area contributed by atoms with Gasteiger partial charge in [-0.25, -0.2) is 0 Å². The Hall–Kier alpha value is -2.10. The molecule has 4 nitrogen and oxygen atoms in total. The number of H-pyrrole nitrogens is 1. The number of carbonyl (C=O) groups is 1. The number of hydrogen-bond acceptors (Lipinski definition) is 2. The minimum absolute atomic E-state index is 0.0599. The van der Waals surface area contributed by atoms with Crippen LogP contribution in [0.2, 0.25) is 0 Å². The second-order valence-electron chi connectivity index (χ2n) is 4.87. The second-order valence-corrected chi connectivity index (χ2v) is 4.87. The van der Waals surface area contributed by atoms with E-state index in [0.29, 0.717) is 12.2 Å². The van der Waals surface area contributed by atoms with Crippen LogP contribution in [0.4, 0.5) is 0 Å². The van der Waals surface area contributed by atoms with Crippen molar-refractivity contribution in [1.82, 2.24) is 15.5 Å². The SMILES string of the molecule is O=C(NCCc1ccccc1)c1n[nH]c2c1CCC2. The Morgan fingerprint density at radius 1 is 1.26 bits per heavy atom. The summed E-state index contributed by atoms with van der Waals surface area (Å²) in [7, 11) is 0. The summed E-state index contributed by atoms with van der Waals surface area (Å²) in [6, 6.07) is 10.2. The van der Waals surface area contributed by atoms with Crippen molar-refractivity contribution >= 4 is 5.91 Å². The van der Waals surface area contributed by atoms with Gasteiger partial charge in [-0.1, -0.05) is 30.3 Å². The molecule has 0 saturated carbocycles. The van der Waals surface area contributed by atoms with E-state index in [9.17, 15) is 4.79 Å². The number of rotatable bonds is 4. The highest BCUT2D eigenvalue weighted by molar-refractivity contribution is 5.94. The van der Waals surface area contributed by atoms with Gasteiger partial charge in [0.2, 0.25) is 0 Å². The van der Waals surface area contributed by atoms with Gasteiger partial charge >= 0.3 is 0 Å². The molecule has 1 amide bonds. The highest BCUT2D eigenvalue weighted by atomic mass is 16.1. The highest BCUT2D eigenvalue weighted by Crippen LogP contribution is 2.22. The third-order valence-corrected chi connectivity index (χ3v) is 3.56. The Bertz CT molecular complexity index is 574. The largest absolute Gasteiger partial charge is 0.350 e. The molecule has 1 heterocycles. The van der Waals surface area contributed by atoms with Crippen molar-refractivity contribution in [2.45, 2.75) is 25.7 Å². The zero-order valence-electron chi connectivity index (χ0n) is 10.8. The Morgan fingerprint density at radius 2 is 2.11 bits per heavy atom. The van der Waals surface area contributed by atoms with Crippen molar-refractivity contribution in [3.63, 3.8) is 0 Å². The lowest BCUT2D eigenvalue weighted by atomic mass is 10.1. The van der Waals surface area contributed by atoms with Gasteiger partial charge in [-0.05, 0) is 31.2 Å². The first kappa shape index (κ1) is 12.0. The number of amides is 1. The topological polar surface area (TPSA) is 57.8 Å². The number of nitrogens with zero attached hydrogens (tertiary/aromatic N) is 1. The number of carbonyl (C=O) groups excluding carboxylic acids is 1. The molecule has 98 valence electrons. The summed E-state index contributed by atoms with van der Waals surface area (Å²) in [6.07, 6.45) is 3.94. The molecule has 0 bridgehead atoms. The van der Waals surface area contributed by atoms with E-state index in [-0.39, 0.29) is 5.91 Å². The van der Waals surface area contributed by atoms with Crippen molar-refractivity contribution in [3.05, 3.63) is 52.8 Å². The summed E-state index contributed by atoms with van der Waals surface area (Å²) >= 11 is 0. The Kier molecular flexibility index (Phi) is 3.31. The smallest absolute Gasteiger partial charge is 0.272 e. The molecule has 19 heavy (non-hydrogen) atoms. The van der Waals surface area contributed by atoms with E-state index in [0.717, 1.165) is 36.9 Å². The summed E-state index contributed by atoms with van der Waals surface area (Å²) < 4.78 is 0. The summed E-state index contributed by atoms with van der Waals surface area (Å²) in [5.74, 6) is -0.0599. The molecule has 1 aliphatic rings. The van der Waals surface area contributed by atoms with Crippen LogP contribution in [-0.4, -0.2) is 22.6 Å². The first-order chi connectivity index (χ1) is 9.34. The monoisotopic (exact) mass is 255 g/mol. The van der Waals surface area contributed by atoms with E-state index in [1.165, 1.54) is 5.56 Å². The molecule has 4 heteroatoms. The predicted molar refractivity (Wildman–Crippen MR) is 73.1 cm³/mol. The molecule has 0 spiro atoms. The molecule has 1 aromatic heterocycles. The maximum absolute atomic E-state index is 12.1. The molecule has 1 aliphatic carbocycles. The lowest BCUT2D eigenvalue weighted by molar-refractivity contribution is 0.0948. The molecule has 1 aromatic carbocycles. The molecular formula is C15H17N3O. The van der Waals surface area contributed by atoms with Crippen LogP contribution in [0.25, 0.3) is 0 Å². The maximum Gasteiger partial charge on any atom is 0.272 e. The average molecular weight is 255 g/mol. The number of aryl methyl sites for hydroxylation is 1. The van der Waals surface area contributed by atoms with E-state index in [1.807, 2.05) is 18.2 Å². The van der Waals surface area contributed by atoms with Gasteiger partial charge in [0.25, 0.3) is 5.91 Å². The van der Waals surface area contributed by atoms with Crippen LogP contribution >= 0.6 is 0 Å². The first-order valence-corrected chi connectivity index (χ1v) is 6.73.